The second-order valence-corrected chi connectivity index (χ2v) is 6.71. The van der Waals surface area contributed by atoms with Crippen molar-refractivity contribution in [2.24, 2.45) is 0 Å². The summed E-state index contributed by atoms with van der Waals surface area (Å²) < 4.78 is 0.959. The molecule has 7 heteroatoms. The Kier molecular flexibility index (Phi) is 5.44. The van der Waals surface area contributed by atoms with Crippen LogP contribution in [0, 0.1) is 11.3 Å². The highest BCUT2D eigenvalue weighted by Crippen LogP contribution is 2.28. The van der Waals surface area contributed by atoms with Crippen molar-refractivity contribution in [3.8, 4) is 6.07 Å². The van der Waals surface area contributed by atoms with Gasteiger partial charge < -0.3 is 10.2 Å². The van der Waals surface area contributed by atoms with Crippen molar-refractivity contribution in [1.29, 1.82) is 5.26 Å². The fraction of sp³-hybridized carbons (Fsp3) is 0.263. The van der Waals surface area contributed by atoms with Gasteiger partial charge in [0.25, 0.3) is 0 Å². The minimum Gasteiger partial charge on any atom is -0.357 e. The van der Waals surface area contributed by atoms with Crippen molar-refractivity contribution in [2.75, 3.05) is 23.3 Å². The van der Waals surface area contributed by atoms with E-state index in [4.69, 9.17) is 0 Å². The van der Waals surface area contributed by atoms with Crippen LogP contribution in [-0.4, -0.2) is 29.0 Å². The maximum Gasteiger partial charge on any atom is 0.248 e. The molecule has 0 aliphatic rings. The SMILES string of the molecule is CCN(CC)c1ccc(NC(=O)C(C#N)c2nc3ccccc3s2)cn1. The maximum absolute atomic E-state index is 12.5. The van der Waals surface area contributed by atoms with Gasteiger partial charge in [-0.05, 0) is 38.1 Å². The van der Waals surface area contributed by atoms with Crippen molar-refractivity contribution >= 4 is 39.0 Å². The lowest BCUT2D eigenvalue weighted by Crippen LogP contribution is -2.23. The molecule has 0 fully saturated rings. The van der Waals surface area contributed by atoms with Crippen LogP contribution in [0.1, 0.15) is 24.8 Å². The summed E-state index contributed by atoms with van der Waals surface area (Å²) in [5.74, 6) is -0.491. The fourth-order valence-electron chi connectivity index (χ4n) is 2.65. The lowest BCUT2D eigenvalue weighted by Gasteiger charge is -2.19. The van der Waals surface area contributed by atoms with E-state index in [2.05, 4.69) is 40.1 Å². The van der Waals surface area contributed by atoms with E-state index in [0.717, 1.165) is 29.1 Å². The fourth-order valence-corrected chi connectivity index (χ4v) is 3.66. The molecule has 0 saturated carbocycles. The number of carbonyl (C=O) groups excluding carboxylic acids is 1. The molecule has 0 saturated heterocycles. The Morgan fingerprint density at radius 1 is 1.27 bits per heavy atom. The number of nitriles is 1. The topological polar surface area (TPSA) is 81.9 Å². The lowest BCUT2D eigenvalue weighted by atomic mass is 10.1. The molecule has 1 N–H and O–H groups in total. The molecule has 3 aromatic rings. The molecule has 1 aromatic carbocycles. The number of aromatic nitrogens is 2. The molecular formula is C19H19N5OS. The number of benzene rings is 1. The van der Waals surface area contributed by atoms with Gasteiger partial charge >= 0.3 is 0 Å². The molecule has 0 aliphatic heterocycles. The molecule has 2 heterocycles. The third kappa shape index (κ3) is 3.65. The average molecular weight is 365 g/mol. The van der Waals surface area contributed by atoms with Crippen LogP contribution in [0.4, 0.5) is 11.5 Å². The minimum absolute atomic E-state index is 0.399. The predicted molar refractivity (Wildman–Crippen MR) is 104 cm³/mol. The van der Waals surface area contributed by atoms with Crippen LogP contribution in [-0.2, 0) is 4.79 Å². The predicted octanol–water partition coefficient (Wildman–Crippen LogP) is 3.78. The Labute approximate surface area is 156 Å². The number of thiazole rings is 1. The highest BCUT2D eigenvalue weighted by molar-refractivity contribution is 7.18. The zero-order valence-corrected chi connectivity index (χ0v) is 15.5. The standard InChI is InChI=1S/C19H19N5OS/c1-3-24(4-2)17-10-9-13(12-21-17)22-18(25)14(11-20)19-23-15-7-5-6-8-16(15)26-19/h5-10,12,14H,3-4H2,1-2H3,(H,22,25). The van der Waals surface area contributed by atoms with E-state index in [1.165, 1.54) is 11.3 Å². The van der Waals surface area contributed by atoms with Crippen molar-refractivity contribution in [1.82, 2.24) is 9.97 Å². The van der Waals surface area contributed by atoms with Crippen molar-refractivity contribution < 1.29 is 4.79 Å². The maximum atomic E-state index is 12.5. The van der Waals surface area contributed by atoms with E-state index in [9.17, 15) is 10.1 Å². The van der Waals surface area contributed by atoms with Crippen LogP contribution >= 0.6 is 11.3 Å². The minimum atomic E-state index is -0.949. The summed E-state index contributed by atoms with van der Waals surface area (Å²) in [6.07, 6.45) is 1.61. The Balaban J connectivity index is 1.76. The molecular weight excluding hydrogens is 346 g/mol. The third-order valence-corrected chi connectivity index (χ3v) is 5.15. The number of rotatable bonds is 6. The Morgan fingerprint density at radius 2 is 2.04 bits per heavy atom. The summed E-state index contributed by atoms with van der Waals surface area (Å²) in [6.45, 7) is 5.86. The number of pyridine rings is 1. The van der Waals surface area contributed by atoms with E-state index in [0.29, 0.717) is 10.7 Å². The normalized spacial score (nSPS) is 11.7. The summed E-state index contributed by atoms with van der Waals surface area (Å²) in [5, 5.41) is 12.7. The number of fused-ring (bicyclic) bond motifs is 1. The van der Waals surface area contributed by atoms with Crippen LogP contribution in [0.5, 0.6) is 0 Å². The van der Waals surface area contributed by atoms with Gasteiger partial charge in [0.1, 0.15) is 10.8 Å². The molecule has 132 valence electrons. The Hall–Kier alpha value is -2.98. The second kappa shape index (κ2) is 7.93. The van der Waals surface area contributed by atoms with Gasteiger partial charge in [0.2, 0.25) is 5.91 Å². The quantitative estimate of drug-likeness (QED) is 0.719. The number of anilines is 2. The summed E-state index contributed by atoms with van der Waals surface area (Å²) in [7, 11) is 0. The van der Waals surface area contributed by atoms with Crippen LogP contribution in [0.15, 0.2) is 42.6 Å². The van der Waals surface area contributed by atoms with Gasteiger partial charge in [-0.25, -0.2) is 9.97 Å². The van der Waals surface area contributed by atoms with Crippen molar-refractivity contribution in [3.63, 3.8) is 0 Å². The van der Waals surface area contributed by atoms with Crippen molar-refractivity contribution in [2.45, 2.75) is 19.8 Å². The monoisotopic (exact) mass is 365 g/mol. The first-order valence-electron chi connectivity index (χ1n) is 8.43. The Bertz CT molecular complexity index is 907. The molecule has 1 amide bonds. The van der Waals surface area contributed by atoms with Gasteiger partial charge in [0.05, 0.1) is 28.2 Å². The zero-order valence-electron chi connectivity index (χ0n) is 14.6. The number of hydrogen-bond acceptors (Lipinski definition) is 6. The summed E-state index contributed by atoms with van der Waals surface area (Å²) in [4.78, 5) is 23.5. The summed E-state index contributed by atoms with van der Waals surface area (Å²) in [5.41, 5.74) is 1.36. The van der Waals surface area contributed by atoms with E-state index >= 15 is 0 Å². The number of carbonyl (C=O) groups is 1. The highest BCUT2D eigenvalue weighted by Gasteiger charge is 2.24. The van der Waals surface area contributed by atoms with Gasteiger partial charge in [-0.3, -0.25) is 4.79 Å². The first-order valence-corrected chi connectivity index (χ1v) is 9.24. The molecule has 1 atom stereocenters. The zero-order chi connectivity index (χ0) is 18.5. The number of nitrogens with zero attached hydrogens (tertiary/aromatic N) is 4. The highest BCUT2D eigenvalue weighted by atomic mass is 32.1. The third-order valence-electron chi connectivity index (χ3n) is 4.05. The first-order chi connectivity index (χ1) is 12.7. The van der Waals surface area contributed by atoms with Crippen LogP contribution in [0.3, 0.4) is 0 Å². The van der Waals surface area contributed by atoms with Gasteiger partial charge in [-0.1, -0.05) is 12.1 Å². The Morgan fingerprint density at radius 3 is 2.65 bits per heavy atom. The van der Waals surface area contributed by atoms with E-state index in [1.54, 1.807) is 12.3 Å². The number of nitrogens with one attached hydrogen (secondary N) is 1. The van der Waals surface area contributed by atoms with Crippen LogP contribution in [0.2, 0.25) is 0 Å². The molecule has 2 aromatic heterocycles. The van der Waals surface area contributed by atoms with E-state index in [1.807, 2.05) is 30.3 Å². The molecule has 0 aliphatic carbocycles. The van der Waals surface area contributed by atoms with E-state index < -0.39 is 11.8 Å². The molecule has 0 bridgehead atoms. The molecule has 6 nitrogen and oxygen atoms in total. The van der Waals surface area contributed by atoms with Gasteiger partial charge in [0, 0.05) is 13.1 Å². The van der Waals surface area contributed by atoms with Crippen molar-refractivity contribution in [3.05, 3.63) is 47.6 Å². The van der Waals surface area contributed by atoms with Gasteiger partial charge in [-0.15, -0.1) is 11.3 Å². The van der Waals surface area contributed by atoms with Gasteiger partial charge in [0.15, 0.2) is 5.92 Å². The van der Waals surface area contributed by atoms with Crippen LogP contribution < -0.4 is 10.2 Å². The number of amides is 1. The molecule has 3 rings (SSSR count). The second-order valence-electron chi connectivity index (χ2n) is 5.65. The summed E-state index contributed by atoms with van der Waals surface area (Å²) >= 11 is 1.36. The average Bonchev–Trinajstić information content (AvgIpc) is 3.08. The van der Waals surface area contributed by atoms with Gasteiger partial charge in [-0.2, -0.15) is 5.26 Å². The molecule has 0 spiro atoms. The largest absolute Gasteiger partial charge is 0.357 e. The molecule has 0 radical (unpaired) electrons. The van der Waals surface area contributed by atoms with Crippen LogP contribution in [0.25, 0.3) is 10.2 Å². The lowest BCUT2D eigenvalue weighted by molar-refractivity contribution is -0.116. The summed E-state index contributed by atoms with van der Waals surface area (Å²) in [6, 6.07) is 13.3. The first kappa shape index (κ1) is 17.8. The molecule has 26 heavy (non-hydrogen) atoms. The smallest absolute Gasteiger partial charge is 0.248 e. The van der Waals surface area contributed by atoms with E-state index in [-0.39, 0.29) is 0 Å². The number of para-hydroxylation sites is 1. The number of hydrogen-bond donors (Lipinski definition) is 1. The molecule has 1 unspecified atom stereocenters.